The molecule has 1 fully saturated rings. The average molecular weight is 461 g/mol. The van der Waals surface area contributed by atoms with Gasteiger partial charge in [0.1, 0.15) is 24.3 Å². The maximum Gasteiger partial charge on any atom is 0.251 e. The SMILES string of the molecule is O=C(NCCOc1ccccc1)c1ccc(C2=CC=CC3NC(NC(=O)C4CC4)=NN23)c(F)c1. The van der Waals surface area contributed by atoms with E-state index in [9.17, 15) is 9.59 Å². The summed E-state index contributed by atoms with van der Waals surface area (Å²) in [5.74, 6) is 0.121. The van der Waals surface area contributed by atoms with Crippen LogP contribution in [0.2, 0.25) is 0 Å². The zero-order valence-electron chi connectivity index (χ0n) is 18.3. The Labute approximate surface area is 196 Å². The van der Waals surface area contributed by atoms with Gasteiger partial charge in [-0.3, -0.25) is 14.9 Å². The molecule has 0 spiro atoms. The highest BCUT2D eigenvalue weighted by Gasteiger charge is 2.34. The van der Waals surface area contributed by atoms with Crippen molar-refractivity contribution in [2.45, 2.75) is 19.0 Å². The number of allylic oxidation sites excluding steroid dienone is 2. The number of amides is 2. The van der Waals surface area contributed by atoms with Crippen LogP contribution in [-0.4, -0.2) is 42.1 Å². The van der Waals surface area contributed by atoms with Gasteiger partial charge in [0, 0.05) is 17.0 Å². The molecule has 8 nitrogen and oxygen atoms in total. The van der Waals surface area contributed by atoms with Crippen molar-refractivity contribution < 1.29 is 18.7 Å². The molecule has 2 aromatic carbocycles. The van der Waals surface area contributed by atoms with Gasteiger partial charge in [-0.15, -0.1) is 5.10 Å². The van der Waals surface area contributed by atoms with Gasteiger partial charge in [0.15, 0.2) is 0 Å². The monoisotopic (exact) mass is 461 g/mol. The van der Waals surface area contributed by atoms with Crippen molar-refractivity contribution in [3.8, 4) is 5.75 Å². The van der Waals surface area contributed by atoms with E-state index < -0.39 is 5.82 Å². The Morgan fingerprint density at radius 3 is 2.76 bits per heavy atom. The zero-order valence-corrected chi connectivity index (χ0v) is 18.3. The van der Waals surface area contributed by atoms with Crippen LogP contribution in [0.15, 0.2) is 71.9 Å². The Morgan fingerprint density at radius 1 is 1.18 bits per heavy atom. The standard InChI is InChI=1S/C25H24FN5O3/c26-20-15-17(23(32)27-13-14-34-18-5-2-1-3-6-18)11-12-19(20)21-7-4-8-22-28-25(30-31(21)22)29-24(33)16-9-10-16/h1-8,11-12,15-16,22H,9-10,13-14H2,(H,27,32)(H2,28,29,30,33). The minimum absolute atomic E-state index is 0.0497. The second-order valence-electron chi connectivity index (χ2n) is 8.19. The van der Waals surface area contributed by atoms with Gasteiger partial charge in [0.05, 0.1) is 12.2 Å². The molecule has 1 saturated carbocycles. The van der Waals surface area contributed by atoms with E-state index in [0.717, 1.165) is 18.6 Å². The van der Waals surface area contributed by atoms with Gasteiger partial charge in [-0.1, -0.05) is 24.3 Å². The molecule has 5 rings (SSSR count). The molecular weight excluding hydrogens is 437 g/mol. The summed E-state index contributed by atoms with van der Waals surface area (Å²) < 4.78 is 20.6. The third-order valence-electron chi connectivity index (χ3n) is 5.65. The van der Waals surface area contributed by atoms with E-state index in [0.29, 0.717) is 23.8 Å². The van der Waals surface area contributed by atoms with E-state index in [2.05, 4.69) is 21.1 Å². The highest BCUT2D eigenvalue weighted by Crippen LogP contribution is 2.31. The van der Waals surface area contributed by atoms with Crippen LogP contribution >= 0.6 is 0 Å². The Hall–Kier alpha value is -4.14. The topological polar surface area (TPSA) is 95.1 Å². The van der Waals surface area contributed by atoms with E-state index in [1.807, 2.05) is 36.4 Å². The molecule has 1 atom stereocenters. The van der Waals surface area contributed by atoms with Gasteiger partial charge >= 0.3 is 0 Å². The molecule has 1 aliphatic carbocycles. The summed E-state index contributed by atoms with van der Waals surface area (Å²) in [7, 11) is 0. The van der Waals surface area contributed by atoms with Crippen molar-refractivity contribution in [2.75, 3.05) is 13.2 Å². The Morgan fingerprint density at radius 2 is 2.00 bits per heavy atom. The van der Waals surface area contributed by atoms with Crippen LogP contribution in [0.1, 0.15) is 28.8 Å². The highest BCUT2D eigenvalue weighted by molar-refractivity contribution is 6.00. The molecule has 0 radical (unpaired) electrons. The number of carbonyl (C=O) groups excluding carboxylic acids is 2. The fraction of sp³-hybridized carbons (Fsp3) is 0.240. The number of ether oxygens (including phenoxy) is 1. The summed E-state index contributed by atoms with van der Waals surface area (Å²) in [6.07, 6.45) is 6.86. The number of para-hydroxylation sites is 1. The second kappa shape index (κ2) is 9.38. The number of carbonyl (C=O) groups is 2. The number of rotatable bonds is 7. The molecule has 0 bridgehead atoms. The summed E-state index contributed by atoms with van der Waals surface area (Å²) in [6.45, 7) is 0.592. The van der Waals surface area contributed by atoms with Crippen LogP contribution in [0.3, 0.4) is 0 Å². The summed E-state index contributed by atoms with van der Waals surface area (Å²) in [4.78, 5) is 24.5. The van der Waals surface area contributed by atoms with E-state index in [1.165, 1.54) is 6.07 Å². The first kappa shape index (κ1) is 21.7. The predicted molar refractivity (Wildman–Crippen MR) is 125 cm³/mol. The molecule has 34 heavy (non-hydrogen) atoms. The lowest BCUT2D eigenvalue weighted by atomic mass is 10.0. The zero-order chi connectivity index (χ0) is 23.5. The number of guanidine groups is 1. The van der Waals surface area contributed by atoms with E-state index >= 15 is 4.39 Å². The van der Waals surface area contributed by atoms with E-state index in [1.54, 1.807) is 29.3 Å². The summed E-state index contributed by atoms with van der Waals surface area (Å²) >= 11 is 0. The number of nitrogens with zero attached hydrogens (tertiary/aromatic N) is 2. The minimum Gasteiger partial charge on any atom is -0.492 e. The number of hydrogen-bond acceptors (Lipinski definition) is 6. The largest absolute Gasteiger partial charge is 0.492 e. The van der Waals surface area contributed by atoms with Crippen molar-refractivity contribution in [1.29, 1.82) is 0 Å². The third kappa shape index (κ3) is 4.78. The predicted octanol–water partition coefficient (Wildman–Crippen LogP) is 2.57. The van der Waals surface area contributed by atoms with Gasteiger partial charge in [0.2, 0.25) is 11.9 Å². The van der Waals surface area contributed by atoms with Crippen molar-refractivity contribution >= 4 is 23.5 Å². The number of nitrogens with one attached hydrogen (secondary N) is 3. The minimum atomic E-state index is -0.542. The van der Waals surface area contributed by atoms with Gasteiger partial charge in [-0.05, 0) is 55.3 Å². The lowest BCUT2D eigenvalue weighted by molar-refractivity contribution is -0.120. The van der Waals surface area contributed by atoms with Gasteiger partial charge in [-0.25, -0.2) is 9.40 Å². The van der Waals surface area contributed by atoms with Crippen LogP contribution in [0.4, 0.5) is 4.39 Å². The maximum absolute atomic E-state index is 15.0. The normalized spacial score (nSPS) is 18.4. The van der Waals surface area contributed by atoms with Crippen LogP contribution in [0.25, 0.3) is 5.70 Å². The number of hydrogen-bond donors (Lipinski definition) is 3. The van der Waals surface area contributed by atoms with Crippen molar-refractivity contribution in [2.24, 2.45) is 11.0 Å². The molecular formula is C25H24FN5O3. The number of hydrazone groups is 1. The fourth-order valence-electron chi connectivity index (χ4n) is 3.72. The molecule has 3 aliphatic rings. The maximum atomic E-state index is 15.0. The highest BCUT2D eigenvalue weighted by atomic mass is 19.1. The van der Waals surface area contributed by atoms with Gasteiger partial charge in [-0.2, -0.15) is 0 Å². The second-order valence-corrected chi connectivity index (χ2v) is 8.19. The molecule has 2 heterocycles. The third-order valence-corrected chi connectivity index (χ3v) is 5.65. The Kier molecular flexibility index (Phi) is 5.99. The molecule has 1 unspecified atom stereocenters. The summed E-state index contributed by atoms with van der Waals surface area (Å²) in [5, 5.41) is 14.7. The fourth-order valence-corrected chi connectivity index (χ4v) is 3.72. The molecule has 2 amide bonds. The molecule has 0 saturated heterocycles. The molecule has 0 aromatic heterocycles. The molecule has 2 aliphatic heterocycles. The Bertz CT molecular complexity index is 1190. The van der Waals surface area contributed by atoms with Crippen LogP contribution < -0.4 is 20.7 Å². The first-order chi connectivity index (χ1) is 16.6. The van der Waals surface area contributed by atoms with Crippen LogP contribution in [0.5, 0.6) is 5.75 Å². The van der Waals surface area contributed by atoms with Crippen molar-refractivity contribution in [3.63, 3.8) is 0 Å². The molecule has 9 heteroatoms. The first-order valence-corrected chi connectivity index (χ1v) is 11.2. The first-order valence-electron chi connectivity index (χ1n) is 11.2. The summed E-state index contributed by atoms with van der Waals surface area (Å²) in [5.41, 5.74) is 1.04. The number of fused-ring (bicyclic) bond motifs is 1. The van der Waals surface area contributed by atoms with Gasteiger partial charge < -0.3 is 15.4 Å². The smallest absolute Gasteiger partial charge is 0.251 e. The number of benzene rings is 2. The lowest BCUT2D eigenvalue weighted by Gasteiger charge is -2.26. The van der Waals surface area contributed by atoms with E-state index in [4.69, 9.17) is 4.74 Å². The van der Waals surface area contributed by atoms with Gasteiger partial charge in [0.25, 0.3) is 5.91 Å². The van der Waals surface area contributed by atoms with Crippen LogP contribution in [0, 0.1) is 11.7 Å². The number of halogens is 1. The van der Waals surface area contributed by atoms with Crippen molar-refractivity contribution in [1.82, 2.24) is 21.0 Å². The lowest BCUT2D eigenvalue weighted by Crippen LogP contribution is -2.43. The van der Waals surface area contributed by atoms with E-state index in [-0.39, 0.29) is 36.0 Å². The van der Waals surface area contributed by atoms with Crippen molar-refractivity contribution in [3.05, 3.63) is 83.7 Å². The summed E-state index contributed by atoms with van der Waals surface area (Å²) in [6, 6.07) is 13.6. The van der Waals surface area contributed by atoms with Crippen LogP contribution in [-0.2, 0) is 4.79 Å². The average Bonchev–Trinajstić information content (AvgIpc) is 3.62. The molecule has 174 valence electrons. The molecule has 3 N–H and O–H groups in total. The molecule has 2 aromatic rings. The quantitative estimate of drug-likeness (QED) is 0.551. The Balaban J connectivity index is 1.22.